The van der Waals surface area contributed by atoms with Crippen LogP contribution >= 0.6 is 0 Å². The molecule has 2 nitrogen and oxygen atoms in total. The van der Waals surface area contributed by atoms with Crippen LogP contribution in [0.3, 0.4) is 0 Å². The number of aryl methyl sites for hydroxylation is 2. The van der Waals surface area contributed by atoms with Gasteiger partial charge in [0.25, 0.3) is 0 Å². The Hall–Kier alpha value is -2.03. The molecular weight excluding hydrogens is 229 g/mol. The van der Waals surface area contributed by atoms with Crippen LogP contribution in [0.1, 0.15) is 11.1 Å². The molecule has 0 unspecified atom stereocenters. The lowest BCUT2D eigenvalue weighted by atomic mass is 10.2. The van der Waals surface area contributed by atoms with Crippen molar-refractivity contribution in [1.82, 2.24) is 0 Å². The van der Waals surface area contributed by atoms with Crippen molar-refractivity contribution in [2.75, 3.05) is 12.4 Å². The van der Waals surface area contributed by atoms with Crippen LogP contribution in [0.15, 0.2) is 36.4 Å². The maximum atomic E-state index is 13.4. The Balaban J connectivity index is 2.25. The van der Waals surface area contributed by atoms with Crippen LogP contribution in [0.2, 0.25) is 0 Å². The van der Waals surface area contributed by atoms with E-state index in [0.29, 0.717) is 5.56 Å². The molecular formula is C15H16FNO. The van der Waals surface area contributed by atoms with Gasteiger partial charge in [-0.15, -0.1) is 0 Å². The summed E-state index contributed by atoms with van der Waals surface area (Å²) in [4.78, 5) is 0. The number of benzene rings is 2. The van der Waals surface area contributed by atoms with E-state index in [-0.39, 0.29) is 5.82 Å². The largest absolute Gasteiger partial charge is 0.496 e. The SMILES string of the molecule is COc1cc(Nc2ccc(C)c(F)c2)ccc1C. The predicted octanol–water partition coefficient (Wildman–Crippen LogP) is 4.19. The third-order valence-electron chi connectivity index (χ3n) is 2.87. The number of methoxy groups -OCH3 is 1. The second-order valence-electron chi connectivity index (χ2n) is 4.27. The summed E-state index contributed by atoms with van der Waals surface area (Å²) in [5.41, 5.74) is 3.31. The normalized spacial score (nSPS) is 10.2. The van der Waals surface area contributed by atoms with Gasteiger partial charge >= 0.3 is 0 Å². The van der Waals surface area contributed by atoms with Crippen LogP contribution in [-0.2, 0) is 0 Å². The quantitative estimate of drug-likeness (QED) is 0.875. The van der Waals surface area contributed by atoms with Crippen LogP contribution in [0.25, 0.3) is 0 Å². The molecule has 0 saturated heterocycles. The predicted molar refractivity (Wildman–Crippen MR) is 72.2 cm³/mol. The van der Waals surface area contributed by atoms with Gasteiger partial charge in [0, 0.05) is 17.4 Å². The van der Waals surface area contributed by atoms with Crippen LogP contribution in [0, 0.1) is 19.7 Å². The van der Waals surface area contributed by atoms with Gasteiger partial charge in [0.1, 0.15) is 11.6 Å². The fourth-order valence-electron chi connectivity index (χ4n) is 1.74. The first-order valence-electron chi connectivity index (χ1n) is 5.78. The molecule has 1 N–H and O–H groups in total. The van der Waals surface area contributed by atoms with Gasteiger partial charge in [-0.05, 0) is 43.2 Å². The fraction of sp³-hybridized carbons (Fsp3) is 0.200. The Morgan fingerprint density at radius 3 is 2.17 bits per heavy atom. The van der Waals surface area contributed by atoms with Gasteiger partial charge in [0.05, 0.1) is 7.11 Å². The van der Waals surface area contributed by atoms with Crippen molar-refractivity contribution in [3.63, 3.8) is 0 Å². The lowest BCUT2D eigenvalue weighted by Crippen LogP contribution is -1.94. The van der Waals surface area contributed by atoms with E-state index in [1.165, 1.54) is 6.07 Å². The lowest BCUT2D eigenvalue weighted by Gasteiger charge is -2.10. The number of ether oxygens (including phenoxy) is 1. The summed E-state index contributed by atoms with van der Waals surface area (Å²) in [6.45, 7) is 3.72. The second kappa shape index (κ2) is 5.08. The highest BCUT2D eigenvalue weighted by molar-refractivity contribution is 5.62. The summed E-state index contributed by atoms with van der Waals surface area (Å²) < 4.78 is 18.7. The van der Waals surface area contributed by atoms with E-state index >= 15 is 0 Å². The van der Waals surface area contributed by atoms with Crippen LogP contribution in [0.4, 0.5) is 15.8 Å². The molecule has 0 heterocycles. The average molecular weight is 245 g/mol. The maximum Gasteiger partial charge on any atom is 0.128 e. The summed E-state index contributed by atoms with van der Waals surface area (Å²) in [6, 6.07) is 10.9. The van der Waals surface area contributed by atoms with Gasteiger partial charge < -0.3 is 10.1 Å². The molecule has 2 aromatic rings. The second-order valence-corrected chi connectivity index (χ2v) is 4.27. The number of rotatable bonds is 3. The molecule has 0 fully saturated rings. The van der Waals surface area contributed by atoms with E-state index in [2.05, 4.69) is 5.32 Å². The number of anilines is 2. The smallest absolute Gasteiger partial charge is 0.128 e. The van der Waals surface area contributed by atoms with Gasteiger partial charge in [0.15, 0.2) is 0 Å². The highest BCUT2D eigenvalue weighted by atomic mass is 19.1. The first-order chi connectivity index (χ1) is 8.60. The van der Waals surface area contributed by atoms with Gasteiger partial charge in [-0.25, -0.2) is 4.39 Å². The topological polar surface area (TPSA) is 21.3 Å². The van der Waals surface area contributed by atoms with E-state index in [9.17, 15) is 4.39 Å². The minimum Gasteiger partial charge on any atom is -0.496 e. The maximum absolute atomic E-state index is 13.4. The third-order valence-corrected chi connectivity index (χ3v) is 2.87. The lowest BCUT2D eigenvalue weighted by molar-refractivity contribution is 0.412. The molecule has 2 rings (SSSR count). The minimum absolute atomic E-state index is 0.209. The van der Waals surface area contributed by atoms with Crippen molar-refractivity contribution in [3.8, 4) is 5.75 Å². The molecule has 0 aliphatic heterocycles. The molecule has 0 aliphatic carbocycles. The highest BCUT2D eigenvalue weighted by Gasteiger charge is 2.02. The number of halogens is 1. The zero-order valence-corrected chi connectivity index (χ0v) is 10.8. The number of nitrogens with one attached hydrogen (secondary N) is 1. The van der Waals surface area contributed by atoms with E-state index in [1.807, 2.05) is 31.2 Å². The average Bonchev–Trinajstić information content (AvgIpc) is 2.36. The van der Waals surface area contributed by atoms with Crippen molar-refractivity contribution in [1.29, 1.82) is 0 Å². The summed E-state index contributed by atoms with van der Waals surface area (Å²) in [5, 5.41) is 3.15. The summed E-state index contributed by atoms with van der Waals surface area (Å²) in [5.74, 6) is 0.603. The van der Waals surface area contributed by atoms with Crippen LogP contribution in [-0.4, -0.2) is 7.11 Å². The molecule has 0 aromatic heterocycles. The van der Waals surface area contributed by atoms with Crippen LogP contribution < -0.4 is 10.1 Å². The molecule has 0 amide bonds. The molecule has 0 spiro atoms. The van der Waals surface area contributed by atoms with Gasteiger partial charge in [-0.3, -0.25) is 0 Å². The first-order valence-corrected chi connectivity index (χ1v) is 5.78. The molecule has 18 heavy (non-hydrogen) atoms. The van der Waals surface area contributed by atoms with Crippen LogP contribution in [0.5, 0.6) is 5.75 Å². The van der Waals surface area contributed by atoms with Crippen molar-refractivity contribution in [3.05, 3.63) is 53.3 Å². The van der Waals surface area contributed by atoms with E-state index < -0.39 is 0 Å². The van der Waals surface area contributed by atoms with Gasteiger partial charge in [-0.1, -0.05) is 12.1 Å². The molecule has 94 valence electrons. The van der Waals surface area contributed by atoms with E-state index in [1.54, 1.807) is 20.1 Å². The standard InChI is InChI=1S/C15H16FNO/c1-10-4-6-12(8-14(10)16)17-13-7-5-11(2)15(9-13)18-3/h4-9,17H,1-3H3. The Labute approximate surface area is 106 Å². The third kappa shape index (κ3) is 2.62. The molecule has 2 aromatic carbocycles. The Morgan fingerprint density at radius 1 is 0.944 bits per heavy atom. The highest BCUT2D eigenvalue weighted by Crippen LogP contribution is 2.25. The van der Waals surface area contributed by atoms with Crippen molar-refractivity contribution in [2.45, 2.75) is 13.8 Å². The minimum atomic E-state index is -0.209. The molecule has 0 saturated carbocycles. The Kier molecular flexibility index (Phi) is 3.51. The number of hydrogen-bond acceptors (Lipinski definition) is 2. The Morgan fingerprint density at radius 2 is 1.56 bits per heavy atom. The van der Waals surface area contributed by atoms with Gasteiger partial charge in [0.2, 0.25) is 0 Å². The fourth-order valence-corrected chi connectivity index (χ4v) is 1.74. The summed E-state index contributed by atoms with van der Waals surface area (Å²) >= 11 is 0. The van der Waals surface area contributed by atoms with Crippen molar-refractivity contribution < 1.29 is 9.13 Å². The van der Waals surface area contributed by atoms with Crippen molar-refractivity contribution >= 4 is 11.4 Å². The molecule has 3 heteroatoms. The first kappa shape index (κ1) is 12.4. The van der Waals surface area contributed by atoms with Gasteiger partial charge in [-0.2, -0.15) is 0 Å². The van der Waals surface area contributed by atoms with E-state index in [0.717, 1.165) is 22.7 Å². The number of hydrogen-bond donors (Lipinski definition) is 1. The molecule has 0 aliphatic rings. The zero-order chi connectivity index (χ0) is 13.1. The summed E-state index contributed by atoms with van der Waals surface area (Å²) in [6.07, 6.45) is 0. The molecule has 0 atom stereocenters. The molecule has 0 bridgehead atoms. The zero-order valence-electron chi connectivity index (χ0n) is 10.8. The summed E-state index contributed by atoms with van der Waals surface area (Å²) in [7, 11) is 1.64. The van der Waals surface area contributed by atoms with E-state index in [4.69, 9.17) is 4.74 Å². The van der Waals surface area contributed by atoms with Crippen molar-refractivity contribution in [2.24, 2.45) is 0 Å². The Bertz CT molecular complexity index is 566. The molecule has 0 radical (unpaired) electrons. The monoisotopic (exact) mass is 245 g/mol.